The molecule has 130 valence electrons. The maximum atomic E-state index is 12.7. The van der Waals surface area contributed by atoms with Crippen molar-refractivity contribution in [3.8, 4) is 11.5 Å². The third kappa shape index (κ3) is 1.64. The molecule has 1 spiro atoms. The number of Topliss-reactive ketones (excluding diaryl/α,β-unsaturated/α-hetero) is 1. The Kier molecular flexibility index (Phi) is 3.29. The lowest BCUT2D eigenvalue weighted by atomic mass is 9.52. The minimum absolute atomic E-state index is 0.0398. The summed E-state index contributed by atoms with van der Waals surface area (Å²) in [6.45, 7) is 4.91. The van der Waals surface area contributed by atoms with Gasteiger partial charge in [-0.15, -0.1) is 0 Å². The first-order valence-electron chi connectivity index (χ1n) is 8.67. The largest absolute Gasteiger partial charge is 0.493 e. The lowest BCUT2D eigenvalue weighted by Crippen LogP contribution is -2.73. The quantitative estimate of drug-likeness (QED) is 0.851. The zero-order valence-corrected chi connectivity index (χ0v) is 14.8. The van der Waals surface area contributed by atoms with Crippen LogP contribution in [0, 0.1) is 6.92 Å². The molecule has 0 aromatic heterocycles. The molecule has 5 nitrogen and oxygen atoms in total. The van der Waals surface area contributed by atoms with Crippen LogP contribution < -0.4 is 9.47 Å². The third-order valence-corrected chi connectivity index (χ3v) is 6.71. The number of benzene rings is 1. The Hall–Kier alpha value is -1.59. The number of ketones is 1. The van der Waals surface area contributed by atoms with E-state index in [0.717, 1.165) is 17.7 Å². The van der Waals surface area contributed by atoms with Gasteiger partial charge in [-0.2, -0.15) is 0 Å². The summed E-state index contributed by atoms with van der Waals surface area (Å²) in [6.07, 6.45) is 0.934. The Bertz CT molecular complexity index is 718. The molecule has 1 aliphatic carbocycles. The van der Waals surface area contributed by atoms with Crippen LogP contribution >= 0.6 is 0 Å². The minimum atomic E-state index is -0.985. The van der Waals surface area contributed by atoms with Crippen LogP contribution in [0.1, 0.15) is 37.3 Å². The van der Waals surface area contributed by atoms with Crippen molar-refractivity contribution in [3.05, 3.63) is 23.3 Å². The number of rotatable bonds is 1. The molecular weight excluding hydrogens is 306 g/mol. The molecule has 2 fully saturated rings. The van der Waals surface area contributed by atoms with Crippen LogP contribution in [0.2, 0.25) is 0 Å². The van der Waals surface area contributed by atoms with Crippen molar-refractivity contribution in [2.45, 2.75) is 56.3 Å². The molecule has 1 N–H and O–H groups in total. The zero-order valence-electron chi connectivity index (χ0n) is 14.8. The lowest BCUT2D eigenvalue weighted by Gasteiger charge is -2.58. The number of nitrogens with zero attached hydrogens (tertiary/aromatic N) is 1. The predicted octanol–water partition coefficient (Wildman–Crippen LogP) is 1.82. The maximum Gasteiger partial charge on any atom is 0.174 e. The summed E-state index contributed by atoms with van der Waals surface area (Å²) in [5.41, 5.74) is 0.365. The summed E-state index contributed by atoms with van der Waals surface area (Å²) in [7, 11) is 3.65. The van der Waals surface area contributed by atoms with E-state index in [9.17, 15) is 9.90 Å². The predicted molar refractivity (Wildman–Crippen MR) is 89.7 cm³/mol. The molecule has 2 aliphatic heterocycles. The number of carbonyl (C=O) groups excluding carboxylic acids is 1. The summed E-state index contributed by atoms with van der Waals surface area (Å²) in [4.78, 5) is 14.9. The molecule has 4 atom stereocenters. The van der Waals surface area contributed by atoms with Crippen LogP contribution in [-0.4, -0.2) is 54.2 Å². The van der Waals surface area contributed by atoms with E-state index in [4.69, 9.17) is 9.47 Å². The maximum absolute atomic E-state index is 12.7. The van der Waals surface area contributed by atoms with Crippen molar-refractivity contribution in [2.24, 2.45) is 0 Å². The number of piperidine rings is 1. The van der Waals surface area contributed by atoms with Crippen molar-refractivity contribution in [3.63, 3.8) is 0 Å². The highest BCUT2D eigenvalue weighted by Crippen LogP contribution is 2.61. The Balaban J connectivity index is 2.02. The number of likely N-dealkylation sites (tertiary alicyclic amines) is 1. The van der Waals surface area contributed by atoms with E-state index < -0.39 is 17.1 Å². The van der Waals surface area contributed by atoms with Gasteiger partial charge in [0.15, 0.2) is 23.4 Å². The van der Waals surface area contributed by atoms with Gasteiger partial charge in [-0.25, -0.2) is 0 Å². The van der Waals surface area contributed by atoms with Crippen molar-refractivity contribution >= 4 is 5.78 Å². The monoisotopic (exact) mass is 331 g/mol. The molecule has 1 aromatic carbocycles. The van der Waals surface area contributed by atoms with E-state index in [2.05, 4.69) is 11.8 Å². The number of aliphatic hydroxyl groups is 1. The van der Waals surface area contributed by atoms with Crippen LogP contribution in [-0.2, 0) is 10.2 Å². The topological polar surface area (TPSA) is 59.0 Å². The van der Waals surface area contributed by atoms with Crippen molar-refractivity contribution < 1.29 is 19.4 Å². The molecule has 24 heavy (non-hydrogen) atoms. The molecular formula is C19H25NO4. The fraction of sp³-hybridized carbons (Fsp3) is 0.632. The van der Waals surface area contributed by atoms with Crippen LogP contribution in [0.15, 0.2) is 12.1 Å². The van der Waals surface area contributed by atoms with Gasteiger partial charge >= 0.3 is 0 Å². The molecule has 3 aliphatic rings. The summed E-state index contributed by atoms with van der Waals surface area (Å²) < 4.78 is 11.7. The molecule has 1 aromatic rings. The highest BCUT2D eigenvalue weighted by Gasteiger charge is 2.70. The number of methoxy groups -OCH3 is 1. The Morgan fingerprint density at radius 2 is 2.12 bits per heavy atom. The highest BCUT2D eigenvalue weighted by molar-refractivity contribution is 5.89. The number of fused-ring (bicyclic) bond motifs is 1. The summed E-state index contributed by atoms with van der Waals surface area (Å²) in [6, 6.07) is 3.84. The van der Waals surface area contributed by atoms with E-state index in [-0.39, 0.29) is 11.8 Å². The van der Waals surface area contributed by atoms with Gasteiger partial charge in [-0.1, -0.05) is 6.07 Å². The van der Waals surface area contributed by atoms with Crippen molar-refractivity contribution in [1.82, 2.24) is 4.90 Å². The van der Waals surface area contributed by atoms with Crippen molar-refractivity contribution in [1.29, 1.82) is 0 Å². The molecule has 0 amide bonds. The van der Waals surface area contributed by atoms with Gasteiger partial charge < -0.3 is 19.5 Å². The second-order valence-corrected chi connectivity index (χ2v) is 7.56. The summed E-state index contributed by atoms with van der Waals surface area (Å²) >= 11 is 0. The van der Waals surface area contributed by atoms with E-state index in [0.29, 0.717) is 30.8 Å². The normalized spacial score (nSPS) is 38.1. The first-order chi connectivity index (χ1) is 11.4. The molecule has 1 unspecified atom stereocenters. The third-order valence-electron chi connectivity index (χ3n) is 6.71. The smallest absolute Gasteiger partial charge is 0.174 e. The molecule has 4 rings (SSSR count). The number of carbonyl (C=O) groups is 1. The fourth-order valence-electron chi connectivity index (χ4n) is 5.26. The number of ether oxygens (including phenoxy) is 2. The van der Waals surface area contributed by atoms with E-state index in [1.54, 1.807) is 7.11 Å². The van der Waals surface area contributed by atoms with E-state index in [1.807, 2.05) is 26.1 Å². The molecule has 0 radical (unpaired) electrons. The van der Waals surface area contributed by atoms with Crippen LogP contribution in [0.25, 0.3) is 0 Å². The molecule has 5 heteroatoms. The standard InChI is InChI=1S/C19H25NO4/c1-11-5-6-14(23-4)16-15(11)18-9-10-20(3)12(2)19(18,22)8-7-13(21)17(18)24-16/h5-6,12,17,22H,7-10H2,1-4H3/t12-,17+,18+,19?/m1/s1. The number of hydrogen-bond donors (Lipinski definition) is 1. The fourth-order valence-corrected chi connectivity index (χ4v) is 5.26. The summed E-state index contributed by atoms with van der Waals surface area (Å²) in [5.74, 6) is 1.38. The number of aryl methyl sites for hydroxylation is 1. The Morgan fingerprint density at radius 1 is 1.38 bits per heavy atom. The Labute approximate surface area is 142 Å². The van der Waals surface area contributed by atoms with Gasteiger partial charge in [0.05, 0.1) is 18.1 Å². The lowest BCUT2D eigenvalue weighted by molar-refractivity contribution is -0.178. The average Bonchev–Trinajstić information content (AvgIpc) is 2.93. The first-order valence-corrected chi connectivity index (χ1v) is 8.67. The minimum Gasteiger partial charge on any atom is -0.493 e. The van der Waals surface area contributed by atoms with Gasteiger partial charge in [0.2, 0.25) is 0 Å². The molecule has 0 bridgehead atoms. The number of hydrogen-bond acceptors (Lipinski definition) is 5. The first kappa shape index (κ1) is 15.9. The number of likely N-dealkylation sites (N-methyl/N-ethyl adjacent to an activating group) is 1. The van der Waals surface area contributed by atoms with Gasteiger partial charge in [-0.05, 0) is 51.9 Å². The second-order valence-electron chi connectivity index (χ2n) is 7.56. The second kappa shape index (κ2) is 4.96. The molecule has 2 heterocycles. The van der Waals surface area contributed by atoms with Gasteiger partial charge in [0, 0.05) is 18.0 Å². The van der Waals surface area contributed by atoms with Gasteiger partial charge in [0.1, 0.15) is 0 Å². The van der Waals surface area contributed by atoms with E-state index in [1.165, 1.54) is 0 Å². The molecule has 1 saturated carbocycles. The Morgan fingerprint density at radius 3 is 2.83 bits per heavy atom. The van der Waals surface area contributed by atoms with Gasteiger partial charge in [0.25, 0.3) is 0 Å². The van der Waals surface area contributed by atoms with E-state index >= 15 is 0 Å². The van der Waals surface area contributed by atoms with Crippen LogP contribution in [0.5, 0.6) is 11.5 Å². The highest BCUT2D eigenvalue weighted by atomic mass is 16.5. The van der Waals surface area contributed by atoms with Crippen LogP contribution in [0.3, 0.4) is 0 Å². The van der Waals surface area contributed by atoms with Gasteiger partial charge in [-0.3, -0.25) is 4.79 Å². The summed E-state index contributed by atoms with van der Waals surface area (Å²) in [5, 5.41) is 11.8. The average molecular weight is 331 g/mol. The van der Waals surface area contributed by atoms with Crippen molar-refractivity contribution in [2.75, 3.05) is 20.7 Å². The SMILES string of the molecule is COc1ccc(C)c2c1O[C@H]1C(=O)CCC3(O)[C@@H](C)N(C)CC[C@]213. The van der Waals surface area contributed by atoms with Crippen LogP contribution in [0.4, 0.5) is 0 Å². The molecule has 1 saturated heterocycles. The zero-order chi connectivity index (χ0) is 17.3.